The molecule has 3 aliphatic heterocycles. The summed E-state index contributed by atoms with van der Waals surface area (Å²) < 4.78 is 7.07. The van der Waals surface area contributed by atoms with Crippen molar-refractivity contribution in [3.8, 4) is 0 Å². The first-order valence-electron chi connectivity index (χ1n) is 13.9. The molecular weight excluding hydrogens is 464 g/mol. The smallest absolute Gasteiger partial charge is 0.133 e. The van der Waals surface area contributed by atoms with Crippen LogP contribution in [0.1, 0.15) is 36.5 Å². The third kappa shape index (κ3) is 4.92. The van der Waals surface area contributed by atoms with E-state index in [0.717, 1.165) is 50.8 Å². The third-order valence-electron chi connectivity index (χ3n) is 7.95. The fourth-order valence-electron chi connectivity index (χ4n) is 6.01. The molecule has 0 N–H and O–H groups in total. The van der Waals surface area contributed by atoms with E-state index in [1.165, 1.54) is 39.0 Å². The minimum absolute atomic E-state index is 0.206. The highest BCUT2D eigenvalue weighted by Gasteiger charge is 2.40. The summed E-state index contributed by atoms with van der Waals surface area (Å²) in [5, 5.41) is 0. The van der Waals surface area contributed by atoms with Crippen LogP contribution in [0.2, 0.25) is 0 Å². The summed E-state index contributed by atoms with van der Waals surface area (Å²) >= 11 is 0. The molecule has 1 unspecified atom stereocenters. The Morgan fingerprint density at radius 1 is 0.605 bits per heavy atom. The number of ether oxygens (including phenoxy) is 1. The van der Waals surface area contributed by atoms with Crippen molar-refractivity contribution < 1.29 is 4.74 Å². The second kappa shape index (κ2) is 11.0. The number of rotatable bonds is 5. The van der Waals surface area contributed by atoms with Gasteiger partial charge in [0, 0.05) is 43.2 Å². The van der Waals surface area contributed by atoms with E-state index in [1.54, 1.807) is 0 Å². The lowest BCUT2D eigenvalue weighted by Gasteiger charge is -2.44. The standard InChI is InChI=1S/C35H36N2O/c1-3-36-22-29(20-26-14-8-5-9-15-26)34-31(24-36)33(28-18-12-7-13-19-28)32-25-37(4-2)23-30(35(32)38-34)21-27-16-10-6-11-17-27/h5-21,33H,3-4,22-25H2,1-2H3/b29-20-,30-21+. The Labute approximate surface area is 227 Å². The van der Waals surface area contributed by atoms with Gasteiger partial charge in [-0.15, -0.1) is 0 Å². The van der Waals surface area contributed by atoms with E-state index in [2.05, 4.69) is 127 Å². The van der Waals surface area contributed by atoms with Gasteiger partial charge in [-0.2, -0.15) is 0 Å². The number of benzene rings is 3. The zero-order valence-corrected chi connectivity index (χ0v) is 22.4. The van der Waals surface area contributed by atoms with E-state index in [4.69, 9.17) is 4.74 Å². The molecule has 0 amide bonds. The Kier molecular flexibility index (Phi) is 7.13. The Morgan fingerprint density at radius 2 is 1.03 bits per heavy atom. The maximum absolute atomic E-state index is 7.07. The van der Waals surface area contributed by atoms with E-state index in [-0.39, 0.29) is 5.92 Å². The van der Waals surface area contributed by atoms with E-state index >= 15 is 0 Å². The van der Waals surface area contributed by atoms with Gasteiger partial charge in [0.05, 0.1) is 0 Å². The molecule has 0 radical (unpaired) electrons. The lowest BCUT2D eigenvalue weighted by atomic mass is 9.77. The summed E-state index contributed by atoms with van der Waals surface area (Å²) in [6.07, 6.45) is 4.65. The molecule has 1 atom stereocenters. The molecule has 0 aliphatic carbocycles. The first-order valence-corrected chi connectivity index (χ1v) is 13.9. The van der Waals surface area contributed by atoms with Crippen molar-refractivity contribution in [2.45, 2.75) is 19.8 Å². The fourth-order valence-corrected chi connectivity index (χ4v) is 6.01. The van der Waals surface area contributed by atoms with Gasteiger partial charge in [-0.1, -0.05) is 105 Å². The normalized spacial score (nSPS) is 22.4. The summed E-state index contributed by atoms with van der Waals surface area (Å²) in [7, 11) is 0. The quantitative estimate of drug-likeness (QED) is 0.370. The first kappa shape index (κ1) is 24.7. The first-order chi connectivity index (χ1) is 18.7. The average Bonchev–Trinajstić information content (AvgIpc) is 2.97. The summed E-state index contributed by atoms with van der Waals surface area (Å²) in [6, 6.07) is 32.4. The molecule has 0 bridgehead atoms. The molecule has 0 aromatic heterocycles. The van der Waals surface area contributed by atoms with Crippen LogP contribution in [-0.2, 0) is 4.74 Å². The molecule has 3 aliphatic rings. The van der Waals surface area contributed by atoms with Crippen molar-refractivity contribution in [3.05, 3.63) is 141 Å². The van der Waals surface area contributed by atoms with Gasteiger partial charge in [0.1, 0.15) is 11.5 Å². The van der Waals surface area contributed by atoms with Crippen molar-refractivity contribution in [1.29, 1.82) is 0 Å². The Hall–Kier alpha value is -3.66. The van der Waals surface area contributed by atoms with Gasteiger partial charge >= 0.3 is 0 Å². The van der Waals surface area contributed by atoms with Gasteiger partial charge in [0.25, 0.3) is 0 Å². The summed E-state index contributed by atoms with van der Waals surface area (Å²) in [4.78, 5) is 5.08. The van der Waals surface area contributed by atoms with Crippen molar-refractivity contribution in [2.24, 2.45) is 0 Å². The van der Waals surface area contributed by atoms with Crippen LogP contribution in [0.15, 0.2) is 125 Å². The van der Waals surface area contributed by atoms with E-state index < -0.39 is 0 Å². The van der Waals surface area contributed by atoms with E-state index in [1.807, 2.05) is 0 Å². The van der Waals surface area contributed by atoms with Crippen LogP contribution >= 0.6 is 0 Å². The van der Waals surface area contributed by atoms with Crippen LogP contribution in [0.3, 0.4) is 0 Å². The van der Waals surface area contributed by atoms with Crippen LogP contribution in [0.4, 0.5) is 0 Å². The van der Waals surface area contributed by atoms with E-state index in [9.17, 15) is 0 Å². The molecule has 3 aromatic carbocycles. The summed E-state index contributed by atoms with van der Waals surface area (Å²) in [6.45, 7) is 10.2. The molecule has 3 nitrogen and oxygen atoms in total. The van der Waals surface area contributed by atoms with Crippen LogP contribution < -0.4 is 0 Å². The molecular formula is C35H36N2O. The number of hydrogen-bond acceptors (Lipinski definition) is 3. The lowest BCUT2D eigenvalue weighted by molar-refractivity contribution is 0.217. The third-order valence-corrected chi connectivity index (χ3v) is 7.95. The molecule has 3 aromatic rings. The van der Waals surface area contributed by atoms with Gasteiger partial charge in [-0.05, 0) is 53.1 Å². The number of hydrogen-bond donors (Lipinski definition) is 0. The lowest BCUT2D eigenvalue weighted by Crippen LogP contribution is -2.42. The van der Waals surface area contributed by atoms with Gasteiger partial charge in [-0.3, -0.25) is 9.80 Å². The summed E-state index contributed by atoms with van der Waals surface area (Å²) in [5.74, 6) is 2.36. The zero-order valence-electron chi connectivity index (χ0n) is 22.4. The topological polar surface area (TPSA) is 15.7 Å². The summed E-state index contributed by atoms with van der Waals surface area (Å²) in [5.41, 5.74) is 9.10. The maximum atomic E-state index is 7.07. The second-order valence-electron chi connectivity index (χ2n) is 10.4. The molecule has 38 heavy (non-hydrogen) atoms. The SMILES string of the molecule is CCN1CC2=C(OC3=C(CN(CC)C/C3=C\c3ccccc3)C2c2ccccc2)/C(=C\c2ccccc2)C1. The monoisotopic (exact) mass is 500 g/mol. The Bertz CT molecular complexity index is 1310. The molecule has 0 saturated heterocycles. The maximum Gasteiger partial charge on any atom is 0.133 e. The van der Waals surface area contributed by atoms with Gasteiger partial charge in [-0.25, -0.2) is 0 Å². The zero-order chi connectivity index (χ0) is 25.9. The minimum atomic E-state index is 0.206. The van der Waals surface area contributed by atoms with Crippen molar-refractivity contribution in [1.82, 2.24) is 9.80 Å². The molecule has 0 fully saturated rings. The highest BCUT2D eigenvalue weighted by atomic mass is 16.5. The molecule has 3 heterocycles. The van der Waals surface area contributed by atoms with Crippen LogP contribution in [0.25, 0.3) is 12.2 Å². The predicted octanol–water partition coefficient (Wildman–Crippen LogP) is 7.15. The molecule has 192 valence electrons. The van der Waals surface area contributed by atoms with Crippen molar-refractivity contribution >= 4 is 12.2 Å². The van der Waals surface area contributed by atoms with Crippen LogP contribution in [-0.4, -0.2) is 49.1 Å². The number of nitrogens with zero attached hydrogens (tertiary/aromatic N) is 2. The van der Waals surface area contributed by atoms with Crippen molar-refractivity contribution in [3.63, 3.8) is 0 Å². The van der Waals surface area contributed by atoms with Gasteiger partial charge in [0.2, 0.25) is 0 Å². The average molecular weight is 501 g/mol. The van der Waals surface area contributed by atoms with Crippen molar-refractivity contribution in [2.75, 3.05) is 39.3 Å². The predicted molar refractivity (Wildman–Crippen MR) is 157 cm³/mol. The highest BCUT2D eigenvalue weighted by Crippen LogP contribution is 2.48. The largest absolute Gasteiger partial charge is 0.457 e. The van der Waals surface area contributed by atoms with Gasteiger partial charge in [0.15, 0.2) is 0 Å². The second-order valence-corrected chi connectivity index (χ2v) is 10.4. The van der Waals surface area contributed by atoms with Crippen LogP contribution in [0, 0.1) is 0 Å². The minimum Gasteiger partial charge on any atom is -0.457 e. The Balaban J connectivity index is 1.54. The van der Waals surface area contributed by atoms with E-state index in [0.29, 0.717) is 0 Å². The molecule has 0 spiro atoms. The van der Waals surface area contributed by atoms with Crippen LogP contribution in [0.5, 0.6) is 0 Å². The molecule has 0 saturated carbocycles. The number of likely N-dealkylation sites (N-methyl/N-ethyl adjacent to an activating group) is 2. The Morgan fingerprint density at radius 3 is 1.45 bits per heavy atom. The molecule has 3 heteroatoms. The fraction of sp³-hybridized carbons (Fsp3) is 0.257. The van der Waals surface area contributed by atoms with Gasteiger partial charge < -0.3 is 4.74 Å². The molecule has 6 rings (SSSR count). The highest BCUT2D eigenvalue weighted by molar-refractivity contribution is 5.66.